The Labute approximate surface area is 194 Å². The van der Waals surface area contributed by atoms with Gasteiger partial charge in [-0.2, -0.15) is 0 Å². The molecule has 0 N–H and O–H groups in total. The Balaban J connectivity index is 1.86. The highest BCUT2D eigenvalue weighted by atomic mass is 79.9. The fourth-order valence-electron chi connectivity index (χ4n) is 3.56. The SMILES string of the molecule is Cc1sc(C)c2c1C(=O)c1c(-c3ccc(Br)s3)sc(-c3ccc(Br)s3)c1C2=O. The summed E-state index contributed by atoms with van der Waals surface area (Å²) in [5.41, 5.74) is 2.32. The Hall–Kier alpha value is -0.900. The minimum atomic E-state index is -0.0240. The number of fused-ring (bicyclic) bond motifs is 2. The molecule has 1 aliphatic rings. The van der Waals surface area contributed by atoms with Crippen molar-refractivity contribution < 1.29 is 9.59 Å². The fraction of sp³-hybridized carbons (Fsp3) is 0.100. The first-order valence-corrected chi connectivity index (χ1v) is 13.1. The molecule has 0 spiro atoms. The number of carbonyl (C=O) groups excluding carboxylic acids is 2. The minimum absolute atomic E-state index is 0.0240. The highest BCUT2D eigenvalue weighted by Crippen LogP contribution is 2.51. The van der Waals surface area contributed by atoms with E-state index in [1.165, 1.54) is 11.3 Å². The minimum Gasteiger partial charge on any atom is -0.288 e. The van der Waals surface area contributed by atoms with Gasteiger partial charge in [0.15, 0.2) is 11.6 Å². The molecule has 0 amide bonds. The lowest BCUT2D eigenvalue weighted by Gasteiger charge is -2.15. The van der Waals surface area contributed by atoms with Gasteiger partial charge in [-0.25, -0.2) is 0 Å². The van der Waals surface area contributed by atoms with E-state index in [0.29, 0.717) is 22.3 Å². The van der Waals surface area contributed by atoms with Crippen LogP contribution in [0.4, 0.5) is 0 Å². The molecule has 140 valence electrons. The molecule has 8 heteroatoms. The van der Waals surface area contributed by atoms with E-state index in [1.807, 2.05) is 38.1 Å². The molecule has 5 rings (SSSR count). The van der Waals surface area contributed by atoms with Crippen molar-refractivity contribution in [1.29, 1.82) is 0 Å². The monoisotopic (exact) mass is 568 g/mol. The van der Waals surface area contributed by atoms with Crippen LogP contribution in [0.3, 0.4) is 0 Å². The zero-order valence-electron chi connectivity index (χ0n) is 14.5. The van der Waals surface area contributed by atoms with Crippen molar-refractivity contribution >= 4 is 88.8 Å². The van der Waals surface area contributed by atoms with Gasteiger partial charge in [0.1, 0.15) is 0 Å². The molecule has 4 heterocycles. The predicted octanol–water partition coefficient (Wildman–Crippen LogP) is 8.18. The highest BCUT2D eigenvalue weighted by molar-refractivity contribution is 9.11. The second-order valence-electron chi connectivity index (χ2n) is 6.34. The molecule has 0 aromatic carbocycles. The van der Waals surface area contributed by atoms with Gasteiger partial charge in [-0.15, -0.1) is 45.3 Å². The molecule has 0 saturated carbocycles. The van der Waals surface area contributed by atoms with Gasteiger partial charge in [-0.1, -0.05) is 0 Å². The first-order valence-electron chi connectivity index (χ1n) is 8.24. The van der Waals surface area contributed by atoms with E-state index >= 15 is 0 Å². The van der Waals surface area contributed by atoms with Gasteiger partial charge in [0.2, 0.25) is 0 Å². The molecule has 28 heavy (non-hydrogen) atoms. The summed E-state index contributed by atoms with van der Waals surface area (Å²) < 4.78 is 2.01. The summed E-state index contributed by atoms with van der Waals surface area (Å²) in [6.07, 6.45) is 0. The molecule has 4 aromatic rings. The first-order chi connectivity index (χ1) is 13.4. The number of hydrogen-bond acceptors (Lipinski definition) is 6. The zero-order valence-corrected chi connectivity index (χ0v) is 21.0. The van der Waals surface area contributed by atoms with Crippen LogP contribution in [0.2, 0.25) is 0 Å². The molecule has 4 aromatic heterocycles. The van der Waals surface area contributed by atoms with Crippen LogP contribution in [0.1, 0.15) is 41.6 Å². The third kappa shape index (κ3) is 2.73. The summed E-state index contributed by atoms with van der Waals surface area (Å²) >= 11 is 13.3. The van der Waals surface area contributed by atoms with Crippen molar-refractivity contribution in [3.63, 3.8) is 0 Å². The maximum Gasteiger partial charge on any atom is 0.197 e. The largest absolute Gasteiger partial charge is 0.288 e. The van der Waals surface area contributed by atoms with Crippen LogP contribution in [0.15, 0.2) is 31.8 Å². The Morgan fingerprint density at radius 2 is 1.04 bits per heavy atom. The number of hydrogen-bond donors (Lipinski definition) is 0. The molecule has 0 saturated heterocycles. The normalized spacial score (nSPS) is 13.1. The van der Waals surface area contributed by atoms with Crippen LogP contribution in [-0.2, 0) is 0 Å². The lowest BCUT2D eigenvalue weighted by molar-refractivity contribution is 0.0981. The Morgan fingerprint density at radius 1 is 0.607 bits per heavy atom. The summed E-state index contributed by atoms with van der Waals surface area (Å²) in [6, 6.07) is 7.98. The molecular weight excluding hydrogens is 560 g/mol. The van der Waals surface area contributed by atoms with Crippen LogP contribution in [0, 0.1) is 13.8 Å². The number of thiophene rings is 4. The summed E-state index contributed by atoms with van der Waals surface area (Å²) in [7, 11) is 0. The topological polar surface area (TPSA) is 34.1 Å². The van der Waals surface area contributed by atoms with Crippen molar-refractivity contribution in [2.75, 3.05) is 0 Å². The Bertz CT molecular complexity index is 1210. The molecule has 1 aliphatic carbocycles. The number of halogens is 2. The summed E-state index contributed by atoms with van der Waals surface area (Å²) in [4.78, 5) is 32.8. The van der Waals surface area contributed by atoms with Crippen LogP contribution >= 0.6 is 77.2 Å². The second-order valence-corrected chi connectivity index (χ2v) is 13.7. The van der Waals surface area contributed by atoms with Gasteiger partial charge < -0.3 is 0 Å². The fourth-order valence-corrected chi connectivity index (χ4v) is 8.92. The van der Waals surface area contributed by atoms with E-state index in [2.05, 4.69) is 31.9 Å². The lowest BCUT2D eigenvalue weighted by Crippen LogP contribution is -2.20. The van der Waals surface area contributed by atoms with E-state index in [0.717, 1.165) is 36.8 Å². The Kier molecular flexibility index (Phi) is 4.65. The molecule has 0 fully saturated rings. The molecule has 0 aliphatic heterocycles. The van der Waals surface area contributed by atoms with Gasteiger partial charge in [0, 0.05) is 30.6 Å². The maximum absolute atomic E-state index is 13.6. The van der Waals surface area contributed by atoms with Crippen molar-refractivity contribution in [2.24, 2.45) is 0 Å². The first kappa shape index (κ1) is 19.1. The van der Waals surface area contributed by atoms with E-state index in [9.17, 15) is 9.59 Å². The molecule has 0 radical (unpaired) electrons. The summed E-state index contributed by atoms with van der Waals surface area (Å²) in [5.74, 6) is -0.0480. The van der Waals surface area contributed by atoms with Crippen LogP contribution in [-0.4, -0.2) is 11.6 Å². The van der Waals surface area contributed by atoms with Crippen molar-refractivity contribution in [3.05, 3.63) is 63.8 Å². The third-order valence-electron chi connectivity index (χ3n) is 4.67. The second kappa shape index (κ2) is 6.82. The number of aryl methyl sites for hydroxylation is 2. The molecule has 0 bridgehead atoms. The molecule has 2 nitrogen and oxygen atoms in total. The van der Waals surface area contributed by atoms with Gasteiger partial charge >= 0.3 is 0 Å². The Morgan fingerprint density at radius 3 is 1.39 bits per heavy atom. The van der Waals surface area contributed by atoms with E-state index < -0.39 is 0 Å². The van der Waals surface area contributed by atoms with Gasteiger partial charge in [0.25, 0.3) is 0 Å². The third-order valence-corrected chi connectivity index (χ3v) is 10.5. The van der Waals surface area contributed by atoms with Gasteiger partial charge in [-0.3, -0.25) is 9.59 Å². The highest BCUT2D eigenvalue weighted by Gasteiger charge is 2.40. The summed E-state index contributed by atoms with van der Waals surface area (Å²) in [6.45, 7) is 3.86. The van der Waals surface area contributed by atoms with Crippen molar-refractivity contribution in [1.82, 2.24) is 0 Å². The molecular formula is C20H10Br2O2S4. The number of ketones is 2. The molecule has 0 unspecified atom stereocenters. The van der Waals surface area contributed by atoms with Crippen LogP contribution in [0.5, 0.6) is 0 Å². The zero-order chi connectivity index (χ0) is 19.7. The average Bonchev–Trinajstić information content (AvgIpc) is 3.38. The number of rotatable bonds is 2. The van der Waals surface area contributed by atoms with E-state index in [4.69, 9.17) is 0 Å². The van der Waals surface area contributed by atoms with Crippen molar-refractivity contribution in [2.45, 2.75) is 13.8 Å². The van der Waals surface area contributed by atoms with Crippen LogP contribution < -0.4 is 0 Å². The molecule has 0 atom stereocenters. The lowest BCUT2D eigenvalue weighted by atomic mass is 9.84. The van der Waals surface area contributed by atoms with Gasteiger partial charge in [-0.05, 0) is 70.0 Å². The predicted molar refractivity (Wildman–Crippen MR) is 127 cm³/mol. The van der Waals surface area contributed by atoms with Crippen LogP contribution in [0.25, 0.3) is 19.5 Å². The average molecular weight is 570 g/mol. The standard InChI is InChI=1S/C20H10Br2O2S4/c1-7-13-14(8(2)25-7)18(24)16-15(17(13)23)19(9-3-5-11(21)26-9)28-20(16)10-4-6-12(22)27-10/h3-6H,1-2H3. The number of carbonyl (C=O) groups is 2. The smallest absolute Gasteiger partial charge is 0.197 e. The van der Waals surface area contributed by atoms with Gasteiger partial charge in [0.05, 0.1) is 28.5 Å². The summed E-state index contributed by atoms with van der Waals surface area (Å²) in [5, 5.41) is 0. The van der Waals surface area contributed by atoms with E-state index in [-0.39, 0.29) is 11.6 Å². The van der Waals surface area contributed by atoms with Crippen molar-refractivity contribution in [3.8, 4) is 19.5 Å². The maximum atomic E-state index is 13.6. The van der Waals surface area contributed by atoms with E-state index in [1.54, 1.807) is 34.0 Å². The quantitative estimate of drug-likeness (QED) is 0.215.